The van der Waals surface area contributed by atoms with Gasteiger partial charge in [-0.05, 0) is 23.8 Å². The lowest BCUT2D eigenvalue weighted by Crippen LogP contribution is -2.20. The molecular formula is C17H13BrN4OS. The zero-order valence-electron chi connectivity index (χ0n) is 12.8. The zero-order chi connectivity index (χ0) is 16.7. The Morgan fingerprint density at radius 3 is 2.67 bits per heavy atom. The smallest absolute Gasteiger partial charge is 0.262 e. The van der Waals surface area contributed by atoms with E-state index < -0.39 is 0 Å². The molecule has 0 radical (unpaired) electrons. The Kier molecular flexibility index (Phi) is 3.90. The molecule has 0 saturated heterocycles. The molecule has 0 aliphatic rings. The fourth-order valence-electron chi connectivity index (χ4n) is 2.66. The Labute approximate surface area is 150 Å². The van der Waals surface area contributed by atoms with E-state index in [-0.39, 0.29) is 5.56 Å². The number of rotatable bonds is 3. The molecule has 2 aromatic heterocycles. The van der Waals surface area contributed by atoms with Crippen LogP contribution in [0.3, 0.4) is 0 Å². The predicted molar refractivity (Wildman–Crippen MR) is 99.4 cm³/mol. The van der Waals surface area contributed by atoms with Crippen LogP contribution in [-0.4, -0.2) is 19.2 Å². The van der Waals surface area contributed by atoms with Gasteiger partial charge in [0.25, 0.3) is 5.56 Å². The molecule has 120 valence electrons. The van der Waals surface area contributed by atoms with Crippen molar-refractivity contribution in [2.75, 3.05) is 0 Å². The summed E-state index contributed by atoms with van der Waals surface area (Å²) in [4.78, 5) is 12.4. The number of aromatic nitrogens is 4. The fourth-order valence-corrected chi connectivity index (χ4v) is 4.22. The highest BCUT2D eigenvalue weighted by Gasteiger charge is 2.15. The van der Waals surface area contributed by atoms with Crippen LogP contribution in [0.2, 0.25) is 0 Å². The zero-order valence-corrected chi connectivity index (χ0v) is 15.2. The van der Waals surface area contributed by atoms with Gasteiger partial charge < -0.3 is 0 Å². The summed E-state index contributed by atoms with van der Waals surface area (Å²) in [7, 11) is 1.72. The van der Waals surface area contributed by atoms with E-state index in [9.17, 15) is 4.79 Å². The normalized spacial score (nSPS) is 11.4. The van der Waals surface area contributed by atoms with E-state index >= 15 is 0 Å². The van der Waals surface area contributed by atoms with Crippen LogP contribution in [0.1, 0.15) is 5.56 Å². The molecule has 2 heterocycles. The molecule has 5 nitrogen and oxygen atoms in total. The maximum atomic E-state index is 12.4. The van der Waals surface area contributed by atoms with E-state index in [0.29, 0.717) is 11.2 Å². The third-order valence-corrected chi connectivity index (χ3v) is 5.66. The summed E-state index contributed by atoms with van der Waals surface area (Å²) < 4.78 is 4.55. The summed E-state index contributed by atoms with van der Waals surface area (Å²) in [5.74, 6) is 1.31. The molecule has 0 unspecified atom stereocenters. The molecule has 0 bridgehead atoms. The highest BCUT2D eigenvalue weighted by Crippen LogP contribution is 2.27. The number of nitrogens with zero attached hydrogens (tertiary/aromatic N) is 4. The summed E-state index contributed by atoms with van der Waals surface area (Å²) in [6.07, 6.45) is 0. The minimum Gasteiger partial charge on any atom is -0.279 e. The molecule has 7 heteroatoms. The summed E-state index contributed by atoms with van der Waals surface area (Å²) in [5, 5.41) is 9.93. The Hall–Kier alpha value is -2.12. The van der Waals surface area contributed by atoms with Gasteiger partial charge in [0.15, 0.2) is 5.16 Å². The summed E-state index contributed by atoms with van der Waals surface area (Å²) in [5.41, 5.74) is 1.96. The second-order valence-corrected chi connectivity index (χ2v) is 7.18. The molecule has 0 amide bonds. The second kappa shape index (κ2) is 6.07. The quantitative estimate of drug-likeness (QED) is 0.492. The van der Waals surface area contributed by atoms with E-state index in [0.717, 1.165) is 20.9 Å². The highest BCUT2D eigenvalue weighted by molar-refractivity contribution is 9.10. The van der Waals surface area contributed by atoms with Crippen LogP contribution < -0.4 is 5.56 Å². The van der Waals surface area contributed by atoms with Gasteiger partial charge in [-0.3, -0.25) is 13.8 Å². The van der Waals surface area contributed by atoms with Gasteiger partial charge in [0.1, 0.15) is 0 Å². The average molecular weight is 401 g/mol. The van der Waals surface area contributed by atoms with E-state index in [2.05, 4.69) is 32.2 Å². The Morgan fingerprint density at radius 1 is 1.08 bits per heavy atom. The van der Waals surface area contributed by atoms with Gasteiger partial charge in [-0.25, -0.2) is 0 Å². The first kappa shape index (κ1) is 15.4. The van der Waals surface area contributed by atoms with Crippen molar-refractivity contribution in [2.24, 2.45) is 7.05 Å². The SMILES string of the molecule is Cn1c(=O)c2ccccc2n2c(SCc3ccccc3Br)nnc12. The van der Waals surface area contributed by atoms with Crippen molar-refractivity contribution >= 4 is 44.4 Å². The number of hydrogen-bond donors (Lipinski definition) is 0. The first-order valence-corrected chi connectivity index (χ1v) is 9.14. The van der Waals surface area contributed by atoms with Gasteiger partial charge in [0.05, 0.1) is 10.9 Å². The van der Waals surface area contributed by atoms with E-state index in [1.165, 1.54) is 10.1 Å². The van der Waals surface area contributed by atoms with Crippen LogP contribution in [0.25, 0.3) is 16.7 Å². The van der Waals surface area contributed by atoms with Gasteiger partial charge in [-0.2, -0.15) is 0 Å². The summed E-state index contributed by atoms with van der Waals surface area (Å²) in [6, 6.07) is 15.7. The van der Waals surface area contributed by atoms with Crippen molar-refractivity contribution in [3.8, 4) is 0 Å². The molecule has 0 atom stereocenters. The Balaban J connectivity index is 1.85. The Bertz CT molecular complexity index is 1120. The van der Waals surface area contributed by atoms with Gasteiger partial charge in [0, 0.05) is 17.3 Å². The van der Waals surface area contributed by atoms with Gasteiger partial charge in [-0.15, -0.1) is 10.2 Å². The lowest BCUT2D eigenvalue weighted by atomic mass is 10.2. The van der Waals surface area contributed by atoms with E-state index in [1.54, 1.807) is 18.8 Å². The molecule has 0 aliphatic heterocycles. The minimum atomic E-state index is -0.0622. The Morgan fingerprint density at radius 2 is 1.83 bits per heavy atom. The van der Waals surface area contributed by atoms with Crippen molar-refractivity contribution in [1.82, 2.24) is 19.2 Å². The molecular weight excluding hydrogens is 388 g/mol. The summed E-state index contributed by atoms with van der Waals surface area (Å²) in [6.45, 7) is 0. The predicted octanol–water partition coefficient (Wildman–Crippen LogP) is 3.64. The van der Waals surface area contributed by atoms with Crippen LogP contribution in [0, 0.1) is 0 Å². The number of para-hydroxylation sites is 1. The first-order chi connectivity index (χ1) is 11.7. The number of halogens is 1. The third-order valence-electron chi connectivity index (χ3n) is 3.91. The number of benzene rings is 2. The first-order valence-electron chi connectivity index (χ1n) is 7.36. The van der Waals surface area contributed by atoms with Gasteiger partial charge >= 0.3 is 0 Å². The van der Waals surface area contributed by atoms with Crippen LogP contribution >= 0.6 is 27.7 Å². The second-order valence-electron chi connectivity index (χ2n) is 5.38. The molecule has 2 aromatic carbocycles. The molecule has 0 N–H and O–H groups in total. The summed E-state index contributed by atoms with van der Waals surface area (Å²) >= 11 is 5.17. The largest absolute Gasteiger partial charge is 0.279 e. The maximum Gasteiger partial charge on any atom is 0.262 e. The van der Waals surface area contributed by atoms with Crippen molar-refractivity contribution in [3.63, 3.8) is 0 Å². The van der Waals surface area contributed by atoms with Crippen molar-refractivity contribution in [1.29, 1.82) is 0 Å². The van der Waals surface area contributed by atoms with Crippen molar-refractivity contribution in [2.45, 2.75) is 10.9 Å². The molecule has 0 fully saturated rings. The molecule has 24 heavy (non-hydrogen) atoms. The third kappa shape index (κ3) is 2.44. The molecule has 4 rings (SSSR count). The molecule has 4 aromatic rings. The lowest BCUT2D eigenvalue weighted by molar-refractivity contribution is 0.853. The van der Waals surface area contributed by atoms with Crippen LogP contribution in [0.4, 0.5) is 0 Å². The standard InChI is InChI=1S/C17H13BrN4OS/c1-21-15(23)12-7-3-5-9-14(12)22-16(21)19-20-17(22)24-10-11-6-2-4-8-13(11)18/h2-9H,10H2,1H3. The molecule has 0 aliphatic carbocycles. The van der Waals surface area contributed by atoms with E-state index in [1.807, 2.05) is 46.9 Å². The average Bonchev–Trinajstić information content (AvgIpc) is 3.03. The van der Waals surface area contributed by atoms with Gasteiger partial charge in [-0.1, -0.05) is 58.0 Å². The highest BCUT2D eigenvalue weighted by atomic mass is 79.9. The number of hydrogen-bond acceptors (Lipinski definition) is 4. The van der Waals surface area contributed by atoms with Crippen molar-refractivity contribution in [3.05, 3.63) is 68.9 Å². The van der Waals surface area contributed by atoms with E-state index in [4.69, 9.17) is 0 Å². The molecule has 0 spiro atoms. The number of fused-ring (bicyclic) bond motifs is 3. The van der Waals surface area contributed by atoms with Crippen LogP contribution in [0.5, 0.6) is 0 Å². The van der Waals surface area contributed by atoms with Crippen LogP contribution in [0.15, 0.2) is 63.0 Å². The fraction of sp³-hybridized carbons (Fsp3) is 0.118. The van der Waals surface area contributed by atoms with Gasteiger partial charge in [0.2, 0.25) is 5.78 Å². The van der Waals surface area contributed by atoms with Crippen LogP contribution in [-0.2, 0) is 12.8 Å². The minimum absolute atomic E-state index is 0.0622. The maximum absolute atomic E-state index is 12.4. The monoisotopic (exact) mass is 400 g/mol. The number of thioether (sulfide) groups is 1. The molecule has 0 saturated carbocycles. The number of aryl methyl sites for hydroxylation is 1. The lowest BCUT2D eigenvalue weighted by Gasteiger charge is -2.08. The van der Waals surface area contributed by atoms with Crippen molar-refractivity contribution < 1.29 is 0 Å². The topological polar surface area (TPSA) is 52.2 Å².